The minimum absolute atomic E-state index is 0.00637. The molecule has 10 nitrogen and oxygen atoms in total. The fraction of sp³-hybridized carbons (Fsp3) is 0.680. The summed E-state index contributed by atoms with van der Waals surface area (Å²) in [5.41, 5.74) is 5.23. The molecule has 1 aromatic rings. The van der Waals surface area contributed by atoms with Crippen molar-refractivity contribution in [1.29, 1.82) is 0 Å². The zero-order valence-corrected chi connectivity index (χ0v) is 21.4. The molecule has 0 aromatic carbocycles. The van der Waals surface area contributed by atoms with Gasteiger partial charge in [-0.2, -0.15) is 5.10 Å². The summed E-state index contributed by atoms with van der Waals surface area (Å²) in [6, 6.07) is 0.00637. The van der Waals surface area contributed by atoms with E-state index in [0.717, 1.165) is 32.1 Å². The van der Waals surface area contributed by atoms with Crippen LogP contribution in [0.4, 0.5) is 4.79 Å². The Morgan fingerprint density at radius 2 is 1.91 bits per heavy atom. The number of hydrogen-bond donors (Lipinski definition) is 3. The fourth-order valence-corrected chi connectivity index (χ4v) is 5.05. The second kappa shape index (κ2) is 11.1. The number of methoxy groups -OCH3 is 1. The lowest BCUT2D eigenvalue weighted by molar-refractivity contribution is -0.124. The molecule has 2 bridgehead atoms. The molecule has 2 saturated carbocycles. The summed E-state index contributed by atoms with van der Waals surface area (Å²) < 4.78 is 12.2. The topological polar surface area (TPSA) is 138 Å². The number of carbonyl (C=O) groups excluding carboxylic acids is 3. The first-order chi connectivity index (χ1) is 16.5. The Hall–Kier alpha value is -3.04. The van der Waals surface area contributed by atoms with Crippen LogP contribution < -0.4 is 21.1 Å². The number of nitrogens with two attached hydrogens (primary N) is 1. The highest BCUT2D eigenvalue weighted by molar-refractivity contribution is 5.96. The number of rotatable bonds is 9. The second-order valence-corrected chi connectivity index (χ2v) is 10.7. The number of amides is 3. The number of nitrogens with zero attached hydrogens (tertiary/aromatic N) is 2. The minimum atomic E-state index is -0.715. The Morgan fingerprint density at radius 1 is 1.26 bits per heavy atom. The van der Waals surface area contributed by atoms with Crippen LogP contribution in [0.3, 0.4) is 0 Å². The van der Waals surface area contributed by atoms with Crippen LogP contribution in [0.5, 0.6) is 5.88 Å². The molecule has 3 rings (SSSR count). The summed E-state index contributed by atoms with van der Waals surface area (Å²) in [5.74, 6) is 0.478. The van der Waals surface area contributed by atoms with E-state index in [1.165, 1.54) is 18.0 Å². The van der Waals surface area contributed by atoms with Crippen molar-refractivity contribution in [3.05, 3.63) is 17.8 Å². The summed E-state index contributed by atoms with van der Waals surface area (Å²) >= 11 is 0. The smallest absolute Gasteiger partial charge is 0.407 e. The first-order valence-electron chi connectivity index (χ1n) is 12.4. The van der Waals surface area contributed by atoms with Crippen LogP contribution in [0.1, 0.15) is 70.2 Å². The third kappa shape index (κ3) is 6.76. The minimum Gasteiger partial charge on any atom is -0.477 e. The molecule has 0 spiro atoms. The molecule has 3 amide bonds. The van der Waals surface area contributed by atoms with E-state index in [9.17, 15) is 14.4 Å². The van der Waals surface area contributed by atoms with E-state index < -0.39 is 11.6 Å². The van der Waals surface area contributed by atoms with E-state index in [4.69, 9.17) is 10.5 Å². The fourth-order valence-electron chi connectivity index (χ4n) is 5.05. The average molecular weight is 490 g/mol. The number of alkyl carbamates (subject to hydrolysis) is 1. The van der Waals surface area contributed by atoms with E-state index in [2.05, 4.69) is 20.5 Å². The van der Waals surface area contributed by atoms with Crippen LogP contribution in [0.25, 0.3) is 6.20 Å². The Kier molecular flexibility index (Phi) is 8.45. The number of primary amides is 1. The number of hydrogen-bond acceptors (Lipinski definition) is 6. The largest absolute Gasteiger partial charge is 0.477 e. The Labute approximate surface area is 207 Å². The van der Waals surface area contributed by atoms with Gasteiger partial charge in [-0.25, -0.2) is 9.48 Å². The van der Waals surface area contributed by atoms with Gasteiger partial charge in [0.05, 0.1) is 25.5 Å². The lowest BCUT2D eigenvalue weighted by atomic mass is 9.64. The van der Waals surface area contributed by atoms with Crippen LogP contribution in [0, 0.1) is 23.7 Å². The first kappa shape index (κ1) is 26.6. The molecule has 1 heterocycles. The van der Waals surface area contributed by atoms with E-state index in [1.54, 1.807) is 12.3 Å². The molecule has 0 saturated heterocycles. The quantitative estimate of drug-likeness (QED) is 0.488. The zero-order chi connectivity index (χ0) is 25.8. The third-order valence-electron chi connectivity index (χ3n) is 6.83. The summed E-state index contributed by atoms with van der Waals surface area (Å²) in [5, 5.41) is 10.3. The van der Waals surface area contributed by atoms with Crippen molar-refractivity contribution in [3.63, 3.8) is 0 Å². The number of nitrogens with one attached hydrogen (secondary N) is 2. The summed E-state index contributed by atoms with van der Waals surface area (Å²) in [6.07, 6.45) is 8.86. The molecular weight excluding hydrogens is 450 g/mol. The van der Waals surface area contributed by atoms with Gasteiger partial charge in [0.2, 0.25) is 11.8 Å². The zero-order valence-electron chi connectivity index (χ0n) is 21.4. The summed E-state index contributed by atoms with van der Waals surface area (Å²) in [6.45, 7) is 8.09. The van der Waals surface area contributed by atoms with E-state index in [1.807, 2.05) is 27.7 Å². The van der Waals surface area contributed by atoms with Gasteiger partial charge in [0, 0.05) is 18.2 Å². The molecule has 2 fully saturated rings. The van der Waals surface area contributed by atoms with Gasteiger partial charge in [-0.1, -0.05) is 20.3 Å². The van der Waals surface area contributed by atoms with Crippen LogP contribution in [-0.4, -0.2) is 53.0 Å². The first-order valence-corrected chi connectivity index (χ1v) is 12.4. The van der Waals surface area contributed by atoms with Crippen LogP contribution >= 0.6 is 0 Å². The number of aromatic nitrogens is 2. The summed E-state index contributed by atoms with van der Waals surface area (Å²) in [4.78, 5) is 36.8. The highest BCUT2D eigenvalue weighted by Gasteiger charge is 2.43. The SMILES string of the molecule is COC(=O)NC(C)(C)/C=C/n1ncc(C(=O)N[C@H]2C3CCCC2C[C@H](C(N)=O)C3)c1OCC(C)C. The van der Waals surface area contributed by atoms with Crippen LogP contribution in [0.15, 0.2) is 12.3 Å². The van der Waals surface area contributed by atoms with Gasteiger partial charge in [0.1, 0.15) is 5.56 Å². The number of ether oxygens (including phenoxy) is 2. The predicted molar refractivity (Wildman–Crippen MR) is 132 cm³/mol. The average Bonchev–Trinajstić information content (AvgIpc) is 3.18. The van der Waals surface area contributed by atoms with Crippen molar-refractivity contribution in [2.24, 2.45) is 29.4 Å². The molecule has 35 heavy (non-hydrogen) atoms. The van der Waals surface area contributed by atoms with Gasteiger partial charge in [-0.15, -0.1) is 0 Å². The van der Waals surface area contributed by atoms with Gasteiger partial charge in [-0.3, -0.25) is 9.59 Å². The monoisotopic (exact) mass is 489 g/mol. The van der Waals surface area contributed by atoms with Crippen molar-refractivity contribution in [1.82, 2.24) is 20.4 Å². The predicted octanol–water partition coefficient (Wildman–Crippen LogP) is 2.93. The van der Waals surface area contributed by atoms with Crippen molar-refractivity contribution in [3.8, 4) is 5.88 Å². The second-order valence-electron chi connectivity index (χ2n) is 10.7. The molecule has 2 aliphatic carbocycles. The molecule has 1 aromatic heterocycles. The molecule has 10 heteroatoms. The molecule has 2 unspecified atom stereocenters. The van der Waals surface area contributed by atoms with Crippen molar-refractivity contribution >= 4 is 24.1 Å². The molecule has 0 radical (unpaired) electrons. The van der Waals surface area contributed by atoms with Gasteiger partial charge in [-0.05, 0) is 63.4 Å². The van der Waals surface area contributed by atoms with Gasteiger partial charge in [0.15, 0.2) is 0 Å². The maximum atomic E-state index is 13.4. The Balaban J connectivity index is 1.80. The normalized spacial score (nSPS) is 24.3. The van der Waals surface area contributed by atoms with Crippen molar-refractivity contribution in [2.45, 2.75) is 71.4 Å². The lowest BCUT2D eigenvalue weighted by Gasteiger charge is -2.45. The Bertz CT molecular complexity index is 940. The van der Waals surface area contributed by atoms with Gasteiger partial charge in [0.25, 0.3) is 5.91 Å². The number of fused-ring (bicyclic) bond motifs is 2. The third-order valence-corrected chi connectivity index (χ3v) is 6.83. The van der Waals surface area contributed by atoms with Crippen LogP contribution in [-0.2, 0) is 9.53 Å². The van der Waals surface area contributed by atoms with Crippen LogP contribution in [0.2, 0.25) is 0 Å². The molecular formula is C25H39N5O5. The highest BCUT2D eigenvalue weighted by Crippen LogP contribution is 2.43. The summed E-state index contributed by atoms with van der Waals surface area (Å²) in [7, 11) is 1.31. The van der Waals surface area contributed by atoms with Gasteiger partial charge < -0.3 is 25.8 Å². The van der Waals surface area contributed by atoms with E-state index in [0.29, 0.717) is 18.1 Å². The van der Waals surface area contributed by atoms with Crippen molar-refractivity contribution in [2.75, 3.05) is 13.7 Å². The van der Waals surface area contributed by atoms with Crippen molar-refractivity contribution < 1.29 is 23.9 Å². The van der Waals surface area contributed by atoms with Gasteiger partial charge >= 0.3 is 6.09 Å². The molecule has 194 valence electrons. The molecule has 0 aliphatic heterocycles. The molecule has 2 aliphatic rings. The van der Waals surface area contributed by atoms with E-state index >= 15 is 0 Å². The van der Waals surface area contributed by atoms with E-state index in [-0.39, 0.29) is 41.5 Å². The number of carbonyl (C=O) groups is 3. The molecule has 2 atom stereocenters. The maximum absolute atomic E-state index is 13.4. The Morgan fingerprint density at radius 3 is 2.49 bits per heavy atom. The molecule has 4 N–H and O–H groups in total. The maximum Gasteiger partial charge on any atom is 0.407 e. The highest BCUT2D eigenvalue weighted by atomic mass is 16.5. The standard InChI is InChI=1S/C25H39N5O5/c1-15(2)14-35-23-19(13-27-30(23)10-9-25(3,4)29-24(33)34-5)22(32)28-20-16-7-6-8-17(20)12-18(11-16)21(26)31/h9-10,13,15-18,20H,6-8,11-12,14H2,1-5H3,(H2,26,31)(H,28,32)(H,29,33)/b10-9+/t16?,17?,18-,20+. The lowest BCUT2D eigenvalue weighted by Crippen LogP contribution is -2.52.